The van der Waals surface area contributed by atoms with Crippen molar-refractivity contribution in [3.63, 3.8) is 0 Å². The molecule has 0 saturated carbocycles. The number of aromatic nitrogens is 4. The normalized spacial score (nSPS) is 10.7. The van der Waals surface area contributed by atoms with Crippen molar-refractivity contribution in [3.8, 4) is 0 Å². The van der Waals surface area contributed by atoms with Gasteiger partial charge in [-0.25, -0.2) is 10.8 Å². The van der Waals surface area contributed by atoms with E-state index in [4.69, 9.17) is 11.7 Å². The van der Waals surface area contributed by atoms with Gasteiger partial charge in [-0.1, -0.05) is 0 Å². The number of hydrazine groups is 1. The molecule has 0 aliphatic rings. The maximum atomic E-state index is 11.5. The maximum absolute atomic E-state index is 11.5. The third-order valence-electron chi connectivity index (χ3n) is 1.90. The Morgan fingerprint density at radius 1 is 1.57 bits per heavy atom. The molecule has 2 aromatic heterocycles. The summed E-state index contributed by atoms with van der Waals surface area (Å²) in [5, 5.41) is 0. The zero-order valence-corrected chi connectivity index (χ0v) is 7.43. The molecule has 14 heavy (non-hydrogen) atoms. The van der Waals surface area contributed by atoms with Gasteiger partial charge in [0.15, 0.2) is 11.2 Å². The molecule has 0 radical (unpaired) electrons. The van der Waals surface area contributed by atoms with Crippen LogP contribution in [0.4, 0.5) is 5.95 Å². The molecule has 0 bridgehead atoms. The molecular formula is C6H9N7O. The number of aryl methyl sites for hydroxylation is 1. The lowest BCUT2D eigenvalue weighted by Gasteiger charge is -2.04. The molecular weight excluding hydrogens is 186 g/mol. The third kappa shape index (κ3) is 0.941. The minimum Gasteiger partial charge on any atom is -0.333 e. The van der Waals surface area contributed by atoms with Gasteiger partial charge in [0, 0.05) is 7.05 Å². The SMILES string of the molecule is Cn1cnc2c(=O)n(N)c(NN)nc21. The van der Waals surface area contributed by atoms with Gasteiger partial charge < -0.3 is 10.4 Å². The van der Waals surface area contributed by atoms with Gasteiger partial charge in [-0.2, -0.15) is 9.66 Å². The molecule has 8 heteroatoms. The first-order chi connectivity index (χ1) is 6.65. The van der Waals surface area contributed by atoms with Crippen LogP contribution in [0.25, 0.3) is 11.2 Å². The Morgan fingerprint density at radius 2 is 2.29 bits per heavy atom. The van der Waals surface area contributed by atoms with E-state index < -0.39 is 5.56 Å². The van der Waals surface area contributed by atoms with Gasteiger partial charge in [-0.15, -0.1) is 0 Å². The first-order valence-corrected chi connectivity index (χ1v) is 3.81. The summed E-state index contributed by atoms with van der Waals surface area (Å²) in [5.74, 6) is 10.7. The van der Waals surface area contributed by atoms with Crippen LogP contribution < -0.4 is 22.7 Å². The van der Waals surface area contributed by atoms with Gasteiger partial charge in [0.1, 0.15) is 0 Å². The fraction of sp³-hybridized carbons (Fsp3) is 0.167. The van der Waals surface area contributed by atoms with Crippen molar-refractivity contribution < 1.29 is 0 Å². The largest absolute Gasteiger partial charge is 0.333 e. The van der Waals surface area contributed by atoms with Crippen LogP contribution in [0, 0.1) is 0 Å². The second-order valence-electron chi connectivity index (χ2n) is 2.78. The Bertz CT molecular complexity index is 539. The number of nitrogens with zero attached hydrogens (tertiary/aromatic N) is 4. The summed E-state index contributed by atoms with van der Waals surface area (Å²) in [6, 6.07) is 0. The van der Waals surface area contributed by atoms with Crippen LogP contribution in [0.5, 0.6) is 0 Å². The number of hydrogen-bond acceptors (Lipinski definition) is 6. The van der Waals surface area contributed by atoms with E-state index in [9.17, 15) is 4.79 Å². The second-order valence-corrected chi connectivity index (χ2v) is 2.78. The third-order valence-corrected chi connectivity index (χ3v) is 1.90. The van der Waals surface area contributed by atoms with Crippen molar-refractivity contribution >= 4 is 17.1 Å². The molecule has 0 fully saturated rings. The van der Waals surface area contributed by atoms with Crippen LogP contribution in [0.3, 0.4) is 0 Å². The first-order valence-electron chi connectivity index (χ1n) is 3.81. The highest BCUT2D eigenvalue weighted by Crippen LogP contribution is 2.05. The Morgan fingerprint density at radius 3 is 2.93 bits per heavy atom. The van der Waals surface area contributed by atoms with Crippen LogP contribution in [-0.4, -0.2) is 19.2 Å². The number of fused-ring (bicyclic) bond motifs is 1. The van der Waals surface area contributed by atoms with Gasteiger partial charge in [0.25, 0.3) is 0 Å². The molecule has 0 saturated heterocycles. The van der Waals surface area contributed by atoms with Crippen molar-refractivity contribution in [3.05, 3.63) is 16.7 Å². The predicted molar refractivity (Wildman–Crippen MR) is 50.7 cm³/mol. The standard InChI is InChI=1S/C6H9N7O/c1-12-2-9-3-4(12)10-6(11-7)13(8)5(3)14/h2H,7-8H2,1H3,(H,10,11). The fourth-order valence-electron chi connectivity index (χ4n) is 1.17. The summed E-state index contributed by atoms with van der Waals surface area (Å²) >= 11 is 0. The van der Waals surface area contributed by atoms with Gasteiger partial charge in [0.2, 0.25) is 5.95 Å². The van der Waals surface area contributed by atoms with Crippen LogP contribution in [-0.2, 0) is 7.05 Å². The smallest absolute Gasteiger partial charge is 0.301 e. The Kier molecular flexibility index (Phi) is 1.64. The van der Waals surface area contributed by atoms with Gasteiger partial charge in [-0.3, -0.25) is 10.2 Å². The summed E-state index contributed by atoms with van der Waals surface area (Å²) in [5.41, 5.74) is 2.44. The molecule has 5 N–H and O–H groups in total. The second kappa shape index (κ2) is 2.70. The average Bonchev–Trinajstić information content (AvgIpc) is 2.54. The highest BCUT2D eigenvalue weighted by molar-refractivity contribution is 5.70. The van der Waals surface area contributed by atoms with Crippen LogP contribution in [0.15, 0.2) is 11.1 Å². The summed E-state index contributed by atoms with van der Waals surface area (Å²) < 4.78 is 2.42. The molecule has 74 valence electrons. The van der Waals surface area contributed by atoms with Gasteiger partial charge in [-0.05, 0) is 0 Å². The lowest BCUT2D eigenvalue weighted by Crippen LogP contribution is -2.32. The molecule has 0 aliphatic carbocycles. The number of hydrogen-bond donors (Lipinski definition) is 3. The molecule has 0 amide bonds. The molecule has 0 aromatic carbocycles. The molecule has 2 rings (SSSR count). The van der Waals surface area contributed by atoms with E-state index in [-0.39, 0.29) is 11.5 Å². The highest BCUT2D eigenvalue weighted by atomic mass is 16.1. The molecule has 0 aliphatic heterocycles. The minimum absolute atomic E-state index is 0.0890. The Labute approximate surface area is 78.1 Å². The summed E-state index contributed by atoms with van der Waals surface area (Å²) in [7, 11) is 1.73. The van der Waals surface area contributed by atoms with E-state index in [1.54, 1.807) is 11.6 Å². The van der Waals surface area contributed by atoms with E-state index in [0.29, 0.717) is 5.65 Å². The molecule has 8 nitrogen and oxygen atoms in total. The van der Waals surface area contributed by atoms with E-state index in [1.807, 2.05) is 0 Å². The lowest BCUT2D eigenvalue weighted by molar-refractivity contribution is 0.886. The first kappa shape index (κ1) is 8.51. The van der Waals surface area contributed by atoms with Crippen molar-refractivity contribution in [2.75, 3.05) is 11.3 Å². The maximum Gasteiger partial charge on any atom is 0.301 e. The zero-order valence-electron chi connectivity index (χ0n) is 7.43. The summed E-state index contributed by atoms with van der Waals surface area (Å²) in [6.07, 6.45) is 1.49. The molecule has 0 unspecified atom stereocenters. The van der Waals surface area contributed by atoms with E-state index in [0.717, 1.165) is 4.68 Å². The van der Waals surface area contributed by atoms with Gasteiger partial charge in [0.05, 0.1) is 6.33 Å². The predicted octanol–water partition coefficient (Wildman–Crippen LogP) is -1.87. The topological polar surface area (TPSA) is 117 Å². The highest BCUT2D eigenvalue weighted by Gasteiger charge is 2.11. The monoisotopic (exact) mass is 195 g/mol. The summed E-state index contributed by atoms with van der Waals surface area (Å²) in [6.45, 7) is 0. The van der Waals surface area contributed by atoms with Gasteiger partial charge >= 0.3 is 5.56 Å². The average molecular weight is 195 g/mol. The van der Waals surface area contributed by atoms with Crippen LogP contribution >= 0.6 is 0 Å². The Hall–Kier alpha value is -2.09. The van der Waals surface area contributed by atoms with Crippen LogP contribution in [0.1, 0.15) is 0 Å². The fourth-order valence-corrected chi connectivity index (χ4v) is 1.17. The quantitative estimate of drug-likeness (QED) is 0.362. The van der Waals surface area contributed by atoms with Crippen LogP contribution in [0.2, 0.25) is 0 Å². The zero-order chi connectivity index (χ0) is 10.3. The molecule has 2 heterocycles. The number of anilines is 1. The van der Waals surface area contributed by atoms with Crippen molar-refractivity contribution in [1.29, 1.82) is 0 Å². The molecule has 0 spiro atoms. The number of nitrogens with one attached hydrogen (secondary N) is 1. The molecule has 0 atom stereocenters. The number of nitrogens with two attached hydrogens (primary N) is 2. The van der Waals surface area contributed by atoms with E-state index in [2.05, 4.69) is 15.4 Å². The van der Waals surface area contributed by atoms with Crippen molar-refractivity contribution in [2.24, 2.45) is 12.9 Å². The number of imidazole rings is 1. The number of nitrogen functional groups attached to an aromatic ring is 2. The van der Waals surface area contributed by atoms with Crippen molar-refractivity contribution in [2.45, 2.75) is 0 Å². The minimum atomic E-state index is -0.441. The van der Waals surface area contributed by atoms with Crippen molar-refractivity contribution in [1.82, 2.24) is 19.2 Å². The molecule has 2 aromatic rings. The van der Waals surface area contributed by atoms with E-state index >= 15 is 0 Å². The Balaban J connectivity index is 2.95. The lowest BCUT2D eigenvalue weighted by atomic mass is 10.5. The van der Waals surface area contributed by atoms with E-state index in [1.165, 1.54) is 6.33 Å². The summed E-state index contributed by atoms with van der Waals surface area (Å²) in [4.78, 5) is 19.4. The number of rotatable bonds is 1.